The summed E-state index contributed by atoms with van der Waals surface area (Å²) in [7, 11) is 0. The van der Waals surface area contributed by atoms with Crippen molar-refractivity contribution in [3.05, 3.63) is 47.5 Å². The molecule has 146 valence electrons. The van der Waals surface area contributed by atoms with Crippen molar-refractivity contribution in [2.75, 3.05) is 0 Å². The van der Waals surface area contributed by atoms with Crippen molar-refractivity contribution in [1.29, 1.82) is 0 Å². The van der Waals surface area contributed by atoms with Gasteiger partial charge in [0, 0.05) is 12.0 Å². The summed E-state index contributed by atoms with van der Waals surface area (Å²) in [6.07, 6.45) is -2.20. The van der Waals surface area contributed by atoms with E-state index in [1.165, 1.54) is 0 Å². The summed E-state index contributed by atoms with van der Waals surface area (Å²) in [4.78, 5) is 11.9. The van der Waals surface area contributed by atoms with Crippen molar-refractivity contribution in [2.24, 2.45) is 0 Å². The third kappa shape index (κ3) is 3.81. The van der Waals surface area contributed by atoms with E-state index in [0.717, 1.165) is 28.6 Å². The van der Waals surface area contributed by atoms with Gasteiger partial charge in [0.2, 0.25) is 5.91 Å². The first-order chi connectivity index (χ1) is 12.6. The number of amides is 1. The van der Waals surface area contributed by atoms with Gasteiger partial charge in [0.15, 0.2) is 6.04 Å². The van der Waals surface area contributed by atoms with Crippen LogP contribution in [0.1, 0.15) is 57.2 Å². The van der Waals surface area contributed by atoms with Crippen LogP contribution in [-0.2, 0) is 11.2 Å². The zero-order chi connectivity index (χ0) is 19.8. The minimum Gasteiger partial charge on any atom is -0.287 e. The molecule has 1 N–H and O–H groups in total. The van der Waals surface area contributed by atoms with E-state index in [-0.39, 0.29) is 17.9 Å². The molecule has 2 aromatic carbocycles. The number of halogens is 3. The number of rotatable bonds is 5. The molecule has 0 spiro atoms. The van der Waals surface area contributed by atoms with E-state index < -0.39 is 17.8 Å². The third-order valence-electron chi connectivity index (χ3n) is 5.21. The number of nitrogens with one attached hydrogen (secondary N) is 1. The van der Waals surface area contributed by atoms with Crippen LogP contribution in [0.3, 0.4) is 0 Å². The molecule has 3 rings (SSSR count). The number of carbonyl (C=O) groups excluding carboxylic acids is 1. The van der Waals surface area contributed by atoms with Crippen molar-refractivity contribution in [3.8, 4) is 0 Å². The highest BCUT2D eigenvalue weighted by Crippen LogP contribution is 2.45. The first-order valence-corrected chi connectivity index (χ1v) is 9.31. The van der Waals surface area contributed by atoms with Crippen molar-refractivity contribution in [2.45, 2.75) is 64.2 Å². The predicted molar refractivity (Wildman–Crippen MR) is 100 cm³/mol. The number of unbranched alkanes of at least 4 members (excludes halogenated alkanes) is 1. The van der Waals surface area contributed by atoms with Gasteiger partial charge in [-0.15, -0.1) is 0 Å². The van der Waals surface area contributed by atoms with E-state index in [2.05, 4.69) is 5.43 Å². The number of benzene rings is 2. The Labute approximate surface area is 157 Å². The smallest absolute Gasteiger partial charge is 0.287 e. The van der Waals surface area contributed by atoms with E-state index >= 15 is 0 Å². The average molecular weight is 378 g/mol. The summed E-state index contributed by atoms with van der Waals surface area (Å²) in [5, 5.41) is 2.87. The lowest BCUT2D eigenvalue weighted by Gasteiger charge is -2.39. The Morgan fingerprint density at radius 2 is 1.89 bits per heavy atom. The standard InChI is InChI=1S/C21H25F3N2O/c1-4-5-9-16-15-10-7-6-8-14(15)11-12-17(16)19(21(22,23)24)26-20(2,3)13-18(27)25-26/h6-8,10-12,19H,4-5,9,13H2,1-3H3,(H,25,27). The predicted octanol–water partition coefficient (Wildman–Crippen LogP) is 5.30. The molecular formula is C21H25F3N2O. The summed E-state index contributed by atoms with van der Waals surface area (Å²) in [5.41, 5.74) is 2.47. The van der Waals surface area contributed by atoms with Gasteiger partial charge in [-0.25, -0.2) is 0 Å². The summed E-state index contributed by atoms with van der Waals surface area (Å²) in [6.45, 7) is 5.35. The molecule has 0 radical (unpaired) electrons. The van der Waals surface area contributed by atoms with Gasteiger partial charge >= 0.3 is 6.18 Å². The SMILES string of the molecule is CCCCc1c(C(N2NC(=O)CC2(C)C)C(F)(F)F)ccc2ccccc12. The van der Waals surface area contributed by atoms with Gasteiger partial charge in [-0.2, -0.15) is 18.2 Å². The van der Waals surface area contributed by atoms with Crippen molar-refractivity contribution < 1.29 is 18.0 Å². The molecule has 0 bridgehead atoms. The zero-order valence-corrected chi connectivity index (χ0v) is 15.9. The number of fused-ring (bicyclic) bond motifs is 1. The van der Waals surface area contributed by atoms with Crippen LogP contribution in [0.15, 0.2) is 36.4 Å². The van der Waals surface area contributed by atoms with Crippen LogP contribution in [0.5, 0.6) is 0 Å². The molecule has 27 heavy (non-hydrogen) atoms. The fraction of sp³-hybridized carbons (Fsp3) is 0.476. The Hall–Kier alpha value is -2.08. The minimum absolute atomic E-state index is 0.0391. The van der Waals surface area contributed by atoms with Crippen LogP contribution < -0.4 is 5.43 Å². The number of hydrogen-bond acceptors (Lipinski definition) is 2. The molecule has 3 nitrogen and oxygen atoms in total. The van der Waals surface area contributed by atoms with Gasteiger partial charge in [0.05, 0.1) is 0 Å². The number of hydrazine groups is 1. The van der Waals surface area contributed by atoms with Crippen LogP contribution >= 0.6 is 0 Å². The Morgan fingerprint density at radius 1 is 1.19 bits per heavy atom. The molecule has 0 aromatic heterocycles. The van der Waals surface area contributed by atoms with E-state index in [9.17, 15) is 18.0 Å². The summed E-state index contributed by atoms with van der Waals surface area (Å²) < 4.78 is 42.7. The molecule has 1 aliphatic heterocycles. The maximum Gasteiger partial charge on any atom is 0.409 e. The van der Waals surface area contributed by atoms with E-state index in [1.807, 2.05) is 31.2 Å². The average Bonchev–Trinajstić information content (AvgIpc) is 2.84. The van der Waals surface area contributed by atoms with Crippen LogP contribution in [0, 0.1) is 0 Å². The lowest BCUT2D eigenvalue weighted by Crippen LogP contribution is -2.51. The minimum atomic E-state index is -4.52. The Morgan fingerprint density at radius 3 is 2.48 bits per heavy atom. The monoisotopic (exact) mass is 378 g/mol. The topological polar surface area (TPSA) is 32.3 Å². The van der Waals surface area contributed by atoms with Gasteiger partial charge in [-0.1, -0.05) is 49.7 Å². The van der Waals surface area contributed by atoms with E-state index in [4.69, 9.17) is 0 Å². The highest BCUT2D eigenvalue weighted by Gasteiger charge is 2.53. The largest absolute Gasteiger partial charge is 0.409 e. The summed E-state index contributed by atoms with van der Waals surface area (Å²) in [6, 6.07) is 8.97. The van der Waals surface area contributed by atoms with Gasteiger partial charge < -0.3 is 0 Å². The van der Waals surface area contributed by atoms with Gasteiger partial charge in [-0.3, -0.25) is 10.2 Å². The molecule has 1 amide bonds. The zero-order valence-electron chi connectivity index (χ0n) is 15.9. The Balaban J connectivity index is 2.20. The van der Waals surface area contributed by atoms with E-state index in [1.54, 1.807) is 26.0 Å². The number of nitrogens with zero attached hydrogens (tertiary/aromatic N) is 1. The number of carbonyl (C=O) groups is 1. The van der Waals surface area contributed by atoms with Crippen LogP contribution in [0.25, 0.3) is 10.8 Å². The van der Waals surface area contributed by atoms with Gasteiger partial charge in [-0.05, 0) is 48.6 Å². The molecule has 1 atom stereocenters. The molecule has 6 heteroatoms. The highest BCUT2D eigenvalue weighted by atomic mass is 19.4. The maximum atomic E-state index is 14.2. The van der Waals surface area contributed by atoms with E-state index in [0.29, 0.717) is 12.0 Å². The summed E-state index contributed by atoms with van der Waals surface area (Å²) >= 11 is 0. The second kappa shape index (κ2) is 7.15. The van der Waals surface area contributed by atoms with Crippen molar-refractivity contribution >= 4 is 16.7 Å². The Kier molecular flexibility index (Phi) is 5.21. The molecule has 1 fully saturated rings. The third-order valence-corrected chi connectivity index (χ3v) is 5.21. The van der Waals surface area contributed by atoms with Gasteiger partial charge in [0.25, 0.3) is 0 Å². The summed E-state index contributed by atoms with van der Waals surface area (Å²) in [5.74, 6) is -0.384. The maximum absolute atomic E-state index is 14.2. The quantitative estimate of drug-likeness (QED) is 0.766. The van der Waals surface area contributed by atoms with Crippen molar-refractivity contribution in [1.82, 2.24) is 10.4 Å². The second-order valence-electron chi connectivity index (χ2n) is 7.80. The second-order valence-corrected chi connectivity index (χ2v) is 7.80. The van der Waals surface area contributed by atoms with Crippen molar-refractivity contribution in [3.63, 3.8) is 0 Å². The first kappa shape index (κ1) is 19.7. The normalized spacial score (nSPS) is 18.7. The number of alkyl halides is 3. The molecule has 0 saturated carbocycles. The lowest BCUT2D eigenvalue weighted by molar-refractivity contribution is -0.204. The Bertz CT molecular complexity index is 845. The lowest BCUT2D eigenvalue weighted by atomic mass is 9.89. The van der Waals surface area contributed by atoms with Crippen LogP contribution in [0.4, 0.5) is 13.2 Å². The molecular weight excluding hydrogens is 353 g/mol. The fourth-order valence-electron chi connectivity index (χ4n) is 3.92. The van der Waals surface area contributed by atoms with Crippen LogP contribution in [-0.4, -0.2) is 22.6 Å². The fourth-order valence-corrected chi connectivity index (χ4v) is 3.92. The highest BCUT2D eigenvalue weighted by molar-refractivity contribution is 5.87. The first-order valence-electron chi connectivity index (χ1n) is 9.31. The number of aryl methyl sites for hydroxylation is 1. The van der Waals surface area contributed by atoms with Gasteiger partial charge in [0.1, 0.15) is 0 Å². The molecule has 1 saturated heterocycles. The molecule has 2 aromatic rings. The molecule has 1 unspecified atom stereocenters. The molecule has 1 aliphatic rings. The number of hydrogen-bond donors (Lipinski definition) is 1. The molecule has 0 aliphatic carbocycles. The molecule has 1 heterocycles. The van der Waals surface area contributed by atoms with Crippen LogP contribution in [0.2, 0.25) is 0 Å².